The third-order valence-electron chi connectivity index (χ3n) is 3.79. The summed E-state index contributed by atoms with van der Waals surface area (Å²) in [6, 6.07) is 10.4. The van der Waals surface area contributed by atoms with Crippen LogP contribution in [0.2, 0.25) is 0 Å². The van der Waals surface area contributed by atoms with E-state index in [9.17, 15) is 8.42 Å². The number of para-hydroxylation sites is 1. The molecule has 23 heavy (non-hydrogen) atoms. The maximum atomic E-state index is 11.2. The van der Waals surface area contributed by atoms with Gasteiger partial charge in [-0.3, -0.25) is 0 Å². The molecule has 3 N–H and O–H groups in total. The molecule has 1 saturated heterocycles. The van der Waals surface area contributed by atoms with Crippen LogP contribution in [-0.4, -0.2) is 37.5 Å². The van der Waals surface area contributed by atoms with Crippen LogP contribution in [-0.2, 0) is 10.0 Å². The zero-order valence-electron chi connectivity index (χ0n) is 12.6. The molecule has 2 heterocycles. The third-order valence-corrected chi connectivity index (χ3v) is 4.66. The maximum absolute atomic E-state index is 11.2. The van der Waals surface area contributed by atoms with Crippen molar-refractivity contribution in [3.05, 3.63) is 42.7 Å². The molecule has 1 aromatic heterocycles. The van der Waals surface area contributed by atoms with E-state index in [1.54, 1.807) is 0 Å². The molecule has 0 saturated carbocycles. The lowest BCUT2D eigenvalue weighted by Crippen LogP contribution is -2.43. The second-order valence-corrected chi connectivity index (χ2v) is 7.12. The Bertz CT molecular complexity index is 749. The van der Waals surface area contributed by atoms with Crippen LogP contribution in [0.4, 0.5) is 11.6 Å². The van der Waals surface area contributed by atoms with Crippen LogP contribution in [0.5, 0.6) is 0 Å². The molecule has 3 rings (SSSR count). The Balaban J connectivity index is 1.68. The number of hydrogen-bond donors (Lipinski definition) is 2. The van der Waals surface area contributed by atoms with Crippen molar-refractivity contribution < 1.29 is 8.42 Å². The second kappa shape index (κ2) is 6.51. The highest BCUT2D eigenvalue weighted by Crippen LogP contribution is 2.19. The third kappa shape index (κ3) is 3.96. The molecule has 0 bridgehead atoms. The van der Waals surface area contributed by atoms with Gasteiger partial charge < -0.3 is 10.2 Å². The topological polar surface area (TPSA) is 101 Å². The number of hydrogen-bond acceptors (Lipinski definition) is 6. The largest absolute Gasteiger partial charge is 0.381 e. The van der Waals surface area contributed by atoms with E-state index in [0.717, 1.165) is 31.6 Å². The number of nitrogens with two attached hydrogens (primary N) is 1. The fraction of sp³-hybridized carbons (Fsp3) is 0.333. The molecule has 1 aliphatic rings. The van der Waals surface area contributed by atoms with Gasteiger partial charge in [0.15, 0.2) is 0 Å². The van der Waals surface area contributed by atoms with Crippen LogP contribution in [0.15, 0.2) is 47.6 Å². The molecule has 1 aromatic carbocycles. The number of aromatic nitrogens is 2. The van der Waals surface area contributed by atoms with Gasteiger partial charge in [-0.25, -0.2) is 23.5 Å². The molecular weight excluding hydrogens is 314 g/mol. The van der Waals surface area contributed by atoms with Crippen molar-refractivity contribution in [3.8, 4) is 0 Å². The zero-order valence-corrected chi connectivity index (χ0v) is 13.4. The number of rotatable bonds is 4. The van der Waals surface area contributed by atoms with Crippen LogP contribution in [0, 0.1) is 0 Å². The summed E-state index contributed by atoms with van der Waals surface area (Å²) in [6.45, 7) is 1.62. The summed E-state index contributed by atoms with van der Waals surface area (Å²) in [5, 5.41) is 8.57. The number of anilines is 2. The minimum absolute atomic E-state index is 0.0720. The smallest absolute Gasteiger partial charge is 0.241 e. The first-order valence-electron chi connectivity index (χ1n) is 7.44. The monoisotopic (exact) mass is 333 g/mol. The summed E-state index contributed by atoms with van der Waals surface area (Å²) >= 11 is 0. The van der Waals surface area contributed by atoms with Crippen molar-refractivity contribution in [3.63, 3.8) is 0 Å². The first-order valence-corrected chi connectivity index (χ1v) is 8.98. The van der Waals surface area contributed by atoms with Gasteiger partial charge in [-0.15, -0.1) is 0 Å². The van der Waals surface area contributed by atoms with E-state index in [0.29, 0.717) is 12.0 Å². The molecule has 0 aliphatic carbocycles. The Morgan fingerprint density at radius 1 is 1.17 bits per heavy atom. The Kier molecular flexibility index (Phi) is 4.44. The van der Waals surface area contributed by atoms with E-state index in [1.165, 1.54) is 12.4 Å². The Morgan fingerprint density at radius 3 is 2.52 bits per heavy atom. The molecule has 1 fully saturated rings. The fourth-order valence-electron chi connectivity index (χ4n) is 2.67. The molecule has 0 amide bonds. The molecular formula is C15H19N5O2S. The maximum Gasteiger partial charge on any atom is 0.241 e. The molecule has 2 aromatic rings. The number of nitrogens with zero attached hydrogens (tertiary/aromatic N) is 3. The van der Waals surface area contributed by atoms with Gasteiger partial charge in [0.25, 0.3) is 0 Å². The average Bonchev–Trinajstić information content (AvgIpc) is 2.55. The SMILES string of the molecule is NS(=O)(=O)c1cnc(N2CCCC(Nc3ccccc3)C2)nc1. The van der Waals surface area contributed by atoms with E-state index in [2.05, 4.69) is 20.2 Å². The number of sulfonamides is 1. The highest BCUT2D eigenvalue weighted by atomic mass is 32.2. The van der Waals surface area contributed by atoms with Gasteiger partial charge in [-0.1, -0.05) is 18.2 Å². The van der Waals surface area contributed by atoms with E-state index >= 15 is 0 Å². The molecule has 1 atom stereocenters. The first-order chi connectivity index (χ1) is 11.0. The standard InChI is InChI=1S/C15H19N5O2S/c16-23(21,22)14-9-17-15(18-10-14)20-8-4-7-13(11-20)19-12-5-2-1-3-6-12/h1-3,5-6,9-10,13,19H,4,7-8,11H2,(H2,16,21,22). The van der Waals surface area contributed by atoms with Crippen molar-refractivity contribution in [1.82, 2.24) is 9.97 Å². The minimum atomic E-state index is -3.76. The van der Waals surface area contributed by atoms with E-state index in [1.807, 2.05) is 30.3 Å². The highest BCUT2D eigenvalue weighted by molar-refractivity contribution is 7.89. The van der Waals surface area contributed by atoms with Crippen LogP contribution in [0.25, 0.3) is 0 Å². The van der Waals surface area contributed by atoms with Gasteiger partial charge in [0.2, 0.25) is 16.0 Å². The molecule has 1 unspecified atom stereocenters. The van der Waals surface area contributed by atoms with E-state index in [-0.39, 0.29) is 4.90 Å². The minimum Gasteiger partial charge on any atom is -0.381 e. The molecule has 8 heteroatoms. The van der Waals surface area contributed by atoms with Gasteiger partial charge in [-0.2, -0.15) is 0 Å². The van der Waals surface area contributed by atoms with Gasteiger partial charge in [0.05, 0.1) is 12.4 Å². The second-order valence-electron chi connectivity index (χ2n) is 5.56. The summed E-state index contributed by atoms with van der Waals surface area (Å²) < 4.78 is 22.5. The van der Waals surface area contributed by atoms with Gasteiger partial charge in [0.1, 0.15) is 4.90 Å². The lowest BCUT2D eigenvalue weighted by Gasteiger charge is -2.33. The predicted molar refractivity (Wildman–Crippen MR) is 88.7 cm³/mol. The normalized spacial score (nSPS) is 18.7. The lowest BCUT2D eigenvalue weighted by molar-refractivity contribution is 0.522. The Morgan fingerprint density at radius 2 is 1.87 bits per heavy atom. The van der Waals surface area contributed by atoms with Crippen molar-refractivity contribution in [2.45, 2.75) is 23.8 Å². The summed E-state index contributed by atoms with van der Waals surface area (Å²) in [6.07, 6.45) is 4.60. The van der Waals surface area contributed by atoms with Gasteiger partial charge >= 0.3 is 0 Å². The van der Waals surface area contributed by atoms with Crippen molar-refractivity contribution in [2.24, 2.45) is 5.14 Å². The van der Waals surface area contributed by atoms with Crippen molar-refractivity contribution in [2.75, 3.05) is 23.3 Å². The first kappa shape index (κ1) is 15.7. The average molecular weight is 333 g/mol. The van der Waals surface area contributed by atoms with Crippen LogP contribution in [0.3, 0.4) is 0 Å². The van der Waals surface area contributed by atoms with Gasteiger partial charge in [-0.05, 0) is 25.0 Å². The Labute approximate surface area is 135 Å². The van der Waals surface area contributed by atoms with E-state index < -0.39 is 10.0 Å². The summed E-state index contributed by atoms with van der Waals surface area (Å²) in [5.74, 6) is 0.525. The van der Waals surface area contributed by atoms with Crippen molar-refractivity contribution >= 4 is 21.7 Å². The molecule has 0 radical (unpaired) electrons. The predicted octanol–water partition coefficient (Wildman–Crippen LogP) is 1.20. The number of primary sulfonamides is 1. The summed E-state index contributed by atoms with van der Waals surface area (Å²) in [4.78, 5) is 10.3. The molecule has 122 valence electrons. The molecule has 1 aliphatic heterocycles. The van der Waals surface area contributed by atoms with Crippen LogP contribution < -0.4 is 15.4 Å². The summed E-state index contributed by atoms with van der Waals surface area (Å²) in [5.41, 5.74) is 1.09. The quantitative estimate of drug-likeness (QED) is 0.872. The molecule has 7 nitrogen and oxygen atoms in total. The summed E-state index contributed by atoms with van der Waals surface area (Å²) in [7, 11) is -3.76. The van der Waals surface area contributed by atoms with Crippen LogP contribution in [0.1, 0.15) is 12.8 Å². The number of benzene rings is 1. The zero-order chi connectivity index (χ0) is 16.3. The van der Waals surface area contributed by atoms with Crippen LogP contribution >= 0.6 is 0 Å². The number of nitrogens with one attached hydrogen (secondary N) is 1. The van der Waals surface area contributed by atoms with Crippen molar-refractivity contribution in [1.29, 1.82) is 0 Å². The number of piperidine rings is 1. The highest BCUT2D eigenvalue weighted by Gasteiger charge is 2.22. The molecule has 0 spiro atoms. The van der Waals surface area contributed by atoms with Gasteiger partial charge in [0, 0.05) is 24.8 Å². The lowest BCUT2D eigenvalue weighted by atomic mass is 10.1. The fourth-order valence-corrected chi connectivity index (χ4v) is 3.07. The Hall–Kier alpha value is -2.19. The van der Waals surface area contributed by atoms with E-state index in [4.69, 9.17) is 5.14 Å².